The van der Waals surface area contributed by atoms with E-state index >= 15 is 0 Å². The molecule has 2 aliphatic rings. The molecule has 4 aromatic heterocycles. The van der Waals surface area contributed by atoms with Crippen LogP contribution in [0.2, 0.25) is 0 Å². The maximum Gasteiger partial charge on any atom is 0.255 e. The van der Waals surface area contributed by atoms with Gasteiger partial charge in [0, 0.05) is 74.2 Å². The van der Waals surface area contributed by atoms with Crippen molar-refractivity contribution < 1.29 is 4.79 Å². The monoisotopic (exact) mass is 451 g/mol. The Hall–Kier alpha value is -4.04. The van der Waals surface area contributed by atoms with Gasteiger partial charge < -0.3 is 15.1 Å². The van der Waals surface area contributed by atoms with Crippen molar-refractivity contribution in [2.45, 2.75) is 0 Å². The third kappa shape index (κ3) is 3.62. The summed E-state index contributed by atoms with van der Waals surface area (Å²) in [7, 11) is 2.09. The average Bonchev–Trinajstić information content (AvgIpc) is 3.32. The van der Waals surface area contributed by atoms with Crippen molar-refractivity contribution >= 4 is 22.8 Å². The summed E-state index contributed by atoms with van der Waals surface area (Å²) in [6.07, 6.45) is 11.3. The largest absolute Gasteiger partial charge is 0.366 e. The minimum Gasteiger partial charge on any atom is -0.366 e. The molecule has 34 heavy (non-hydrogen) atoms. The Morgan fingerprint density at radius 2 is 1.88 bits per heavy atom. The number of rotatable bonds is 3. The molecule has 0 saturated carbocycles. The van der Waals surface area contributed by atoms with Gasteiger partial charge in [-0.25, -0.2) is 9.50 Å². The van der Waals surface area contributed by atoms with E-state index in [1.807, 2.05) is 46.2 Å². The minimum atomic E-state index is 0.0402. The fourth-order valence-corrected chi connectivity index (χ4v) is 4.65. The number of likely N-dealkylation sites (N-methyl/N-ethyl adjacent to an activating group) is 1. The lowest BCUT2D eigenvalue weighted by molar-refractivity contribution is 0.0663. The van der Waals surface area contributed by atoms with E-state index in [0.717, 1.165) is 65.3 Å². The molecule has 0 unspecified atom stereocenters. The normalized spacial score (nSPS) is 16.1. The van der Waals surface area contributed by atoms with Crippen LogP contribution in [0.3, 0.4) is 0 Å². The van der Waals surface area contributed by atoms with Gasteiger partial charge >= 0.3 is 0 Å². The lowest BCUT2D eigenvalue weighted by Gasteiger charge is -2.32. The number of aromatic nitrogens is 4. The summed E-state index contributed by atoms with van der Waals surface area (Å²) in [5.74, 6) is 0.840. The molecule has 1 amide bonds. The second kappa shape index (κ2) is 8.39. The van der Waals surface area contributed by atoms with Gasteiger partial charge in [-0.05, 0) is 42.4 Å². The van der Waals surface area contributed by atoms with Crippen molar-refractivity contribution in [3.05, 3.63) is 84.1 Å². The molecule has 0 radical (unpaired) electrons. The van der Waals surface area contributed by atoms with Gasteiger partial charge in [-0.2, -0.15) is 5.10 Å². The molecule has 0 atom stereocenters. The number of hydrogen-bond donors (Lipinski definition) is 1. The van der Waals surface area contributed by atoms with Crippen molar-refractivity contribution in [1.82, 2.24) is 29.4 Å². The van der Waals surface area contributed by atoms with Crippen LogP contribution in [0, 0.1) is 0 Å². The van der Waals surface area contributed by atoms with Gasteiger partial charge in [0.1, 0.15) is 5.82 Å². The first-order valence-corrected chi connectivity index (χ1v) is 11.5. The van der Waals surface area contributed by atoms with E-state index in [2.05, 4.69) is 50.5 Å². The molecular formula is C26H25N7O. The van der Waals surface area contributed by atoms with Crippen molar-refractivity contribution in [2.75, 3.05) is 45.1 Å². The number of hydrogen-bond acceptors (Lipinski definition) is 6. The van der Waals surface area contributed by atoms with E-state index in [4.69, 9.17) is 0 Å². The first kappa shape index (κ1) is 20.6. The van der Waals surface area contributed by atoms with Crippen LogP contribution < -0.4 is 5.32 Å². The molecule has 0 spiro atoms. The second-order valence-electron chi connectivity index (χ2n) is 8.76. The molecule has 4 aromatic rings. The number of carbonyl (C=O) groups excluding carboxylic acids is 1. The van der Waals surface area contributed by atoms with Gasteiger partial charge in [0.05, 0.1) is 17.3 Å². The highest BCUT2D eigenvalue weighted by atomic mass is 16.2. The van der Waals surface area contributed by atoms with Crippen LogP contribution in [0.1, 0.15) is 21.5 Å². The summed E-state index contributed by atoms with van der Waals surface area (Å²) in [5, 5.41) is 7.85. The number of pyridine rings is 3. The van der Waals surface area contributed by atoms with Crippen LogP contribution in [-0.2, 0) is 0 Å². The molecule has 6 rings (SSSR count). The summed E-state index contributed by atoms with van der Waals surface area (Å²) in [4.78, 5) is 26.2. The zero-order valence-electron chi connectivity index (χ0n) is 19.0. The SMILES string of the molecule is CN1CCN(C(=O)c2cnc3c(c2)C(c2ccn4ncc(-c5cccnc5)c4c2)=CCN3)CC1. The fraction of sp³-hybridized carbons (Fsp3) is 0.231. The number of amides is 1. The van der Waals surface area contributed by atoms with E-state index in [1.165, 1.54) is 0 Å². The highest BCUT2D eigenvalue weighted by molar-refractivity contribution is 5.97. The topological polar surface area (TPSA) is 78.7 Å². The van der Waals surface area contributed by atoms with Crippen molar-refractivity contribution in [2.24, 2.45) is 0 Å². The van der Waals surface area contributed by atoms with Crippen LogP contribution >= 0.6 is 0 Å². The third-order valence-electron chi connectivity index (χ3n) is 6.60. The van der Waals surface area contributed by atoms with E-state index in [9.17, 15) is 4.79 Å². The molecule has 8 heteroatoms. The van der Waals surface area contributed by atoms with Gasteiger partial charge in [-0.3, -0.25) is 9.78 Å². The number of fused-ring (bicyclic) bond motifs is 2. The Bertz CT molecular complexity index is 1400. The molecule has 0 bridgehead atoms. The molecule has 1 N–H and O–H groups in total. The van der Waals surface area contributed by atoms with Gasteiger partial charge in [0.15, 0.2) is 0 Å². The maximum atomic E-state index is 13.2. The minimum absolute atomic E-state index is 0.0402. The highest BCUT2D eigenvalue weighted by Crippen LogP contribution is 2.34. The lowest BCUT2D eigenvalue weighted by Crippen LogP contribution is -2.47. The lowest BCUT2D eigenvalue weighted by atomic mass is 9.94. The van der Waals surface area contributed by atoms with E-state index in [-0.39, 0.29) is 5.91 Å². The fourth-order valence-electron chi connectivity index (χ4n) is 4.65. The maximum absolute atomic E-state index is 13.2. The molecular weight excluding hydrogens is 426 g/mol. The zero-order valence-corrected chi connectivity index (χ0v) is 19.0. The van der Waals surface area contributed by atoms with Gasteiger partial charge in [-0.1, -0.05) is 12.1 Å². The molecule has 6 heterocycles. The predicted octanol–water partition coefficient (Wildman–Crippen LogP) is 3.04. The summed E-state index contributed by atoms with van der Waals surface area (Å²) < 4.78 is 1.87. The Labute approximate surface area is 197 Å². The number of piperazine rings is 1. The molecule has 170 valence electrons. The molecule has 1 fully saturated rings. The second-order valence-corrected chi connectivity index (χ2v) is 8.76. The zero-order chi connectivity index (χ0) is 23.1. The van der Waals surface area contributed by atoms with Gasteiger partial charge in [-0.15, -0.1) is 0 Å². The Balaban J connectivity index is 1.37. The quantitative estimate of drug-likeness (QED) is 0.516. The molecule has 2 aliphatic heterocycles. The standard InChI is InChI=1S/C26H25N7O/c1-31-9-11-32(12-10-31)26(34)20-13-22-21(4-7-28-25(22)29-16-20)18-5-8-33-24(14-18)23(17-30-33)19-3-2-6-27-15-19/h2-6,8,13-17H,7,9-12H2,1H3,(H,28,29). The first-order valence-electron chi connectivity index (χ1n) is 11.5. The summed E-state index contributed by atoms with van der Waals surface area (Å²) in [6, 6.07) is 10.1. The number of nitrogens with one attached hydrogen (secondary N) is 1. The van der Waals surface area contributed by atoms with Gasteiger partial charge in [0.25, 0.3) is 5.91 Å². The van der Waals surface area contributed by atoms with E-state index < -0.39 is 0 Å². The summed E-state index contributed by atoms with van der Waals surface area (Å²) in [6.45, 7) is 3.94. The Morgan fingerprint density at radius 3 is 2.71 bits per heavy atom. The summed E-state index contributed by atoms with van der Waals surface area (Å²) >= 11 is 0. The third-order valence-corrected chi connectivity index (χ3v) is 6.60. The predicted molar refractivity (Wildman–Crippen MR) is 132 cm³/mol. The first-order chi connectivity index (χ1) is 16.7. The van der Waals surface area contributed by atoms with Crippen LogP contribution in [0.15, 0.2) is 67.4 Å². The van der Waals surface area contributed by atoms with E-state index in [0.29, 0.717) is 12.1 Å². The Morgan fingerprint density at radius 1 is 1.00 bits per heavy atom. The van der Waals surface area contributed by atoms with Crippen LogP contribution in [-0.4, -0.2) is 75.1 Å². The Kier molecular flexibility index (Phi) is 5.07. The van der Waals surface area contributed by atoms with Gasteiger partial charge in [0.2, 0.25) is 0 Å². The smallest absolute Gasteiger partial charge is 0.255 e. The molecule has 8 nitrogen and oxygen atoms in total. The average molecular weight is 452 g/mol. The summed E-state index contributed by atoms with van der Waals surface area (Å²) in [5.41, 5.74) is 6.75. The number of nitrogens with zero attached hydrogens (tertiary/aromatic N) is 6. The van der Waals surface area contributed by atoms with E-state index in [1.54, 1.807) is 12.4 Å². The number of anilines is 1. The molecule has 0 aliphatic carbocycles. The van der Waals surface area contributed by atoms with Crippen molar-refractivity contribution in [3.8, 4) is 11.1 Å². The number of carbonyl (C=O) groups is 1. The van der Waals surface area contributed by atoms with Crippen molar-refractivity contribution in [3.63, 3.8) is 0 Å². The van der Waals surface area contributed by atoms with Crippen LogP contribution in [0.4, 0.5) is 5.82 Å². The van der Waals surface area contributed by atoms with Crippen LogP contribution in [0.5, 0.6) is 0 Å². The van der Waals surface area contributed by atoms with Crippen LogP contribution in [0.25, 0.3) is 22.2 Å². The molecule has 0 aromatic carbocycles. The molecule has 1 saturated heterocycles. The highest BCUT2D eigenvalue weighted by Gasteiger charge is 2.23. The van der Waals surface area contributed by atoms with Crippen molar-refractivity contribution in [1.29, 1.82) is 0 Å².